The van der Waals surface area contributed by atoms with Gasteiger partial charge in [-0.15, -0.1) is 0 Å². The van der Waals surface area contributed by atoms with Gasteiger partial charge < -0.3 is 14.8 Å². The number of rotatable bonds is 4. The molecule has 1 aromatic heterocycles. The van der Waals surface area contributed by atoms with Crippen molar-refractivity contribution in [3.63, 3.8) is 0 Å². The van der Waals surface area contributed by atoms with Crippen LogP contribution in [0.25, 0.3) is 0 Å². The van der Waals surface area contributed by atoms with E-state index in [0.29, 0.717) is 24.4 Å². The molecule has 0 saturated carbocycles. The van der Waals surface area contributed by atoms with Crippen molar-refractivity contribution in [2.45, 2.75) is 51.8 Å². The van der Waals surface area contributed by atoms with E-state index in [4.69, 9.17) is 9.47 Å². The normalized spacial score (nSPS) is 21.7. The van der Waals surface area contributed by atoms with E-state index in [9.17, 15) is 0 Å². The van der Waals surface area contributed by atoms with Gasteiger partial charge in [-0.2, -0.15) is 0 Å². The zero-order valence-corrected chi connectivity index (χ0v) is 17.4. The minimum atomic E-state index is -0.326. The topological polar surface area (TPSA) is 46.6 Å². The molecule has 1 aromatic carbocycles. The lowest BCUT2D eigenvalue weighted by Crippen LogP contribution is -2.46. The second-order valence-electron chi connectivity index (χ2n) is 8.78. The maximum absolute atomic E-state index is 6.22. The Kier molecular flexibility index (Phi) is 5.30. The maximum Gasteiger partial charge on any atom is 0.257 e. The average molecular weight is 382 g/mol. The zero-order valence-electron chi connectivity index (χ0n) is 17.4. The van der Waals surface area contributed by atoms with Gasteiger partial charge in [0.15, 0.2) is 5.75 Å². The quantitative estimate of drug-likeness (QED) is 0.870. The molecule has 1 fully saturated rings. The molecule has 1 saturated heterocycles. The minimum Gasteiger partial charge on any atom is -0.478 e. The Bertz CT molecular complexity index is 834. The van der Waals surface area contributed by atoms with Gasteiger partial charge in [-0.1, -0.05) is 38.1 Å². The van der Waals surface area contributed by atoms with Crippen LogP contribution in [0.15, 0.2) is 36.5 Å². The molecule has 4 rings (SSSR count). The number of hydrogen-bond donors (Lipinski definition) is 1. The molecule has 2 aliphatic rings. The molecule has 0 spiro atoms. The Morgan fingerprint density at radius 2 is 2.07 bits per heavy atom. The fourth-order valence-electron chi connectivity index (χ4n) is 4.11. The van der Waals surface area contributed by atoms with Crippen LogP contribution in [0, 0.1) is 0 Å². The molecule has 1 unspecified atom stereocenters. The van der Waals surface area contributed by atoms with Crippen molar-refractivity contribution < 1.29 is 9.47 Å². The highest BCUT2D eigenvalue weighted by molar-refractivity contribution is 5.43. The van der Waals surface area contributed by atoms with Crippen LogP contribution < -0.4 is 14.8 Å². The smallest absolute Gasteiger partial charge is 0.257 e. The summed E-state index contributed by atoms with van der Waals surface area (Å²) in [5.74, 6) is 1.94. The Hall–Kier alpha value is -2.11. The van der Waals surface area contributed by atoms with Gasteiger partial charge in [0.05, 0.1) is 0 Å². The monoisotopic (exact) mass is 381 g/mol. The number of fused-ring (bicyclic) bond motifs is 1. The Morgan fingerprint density at radius 3 is 2.89 bits per heavy atom. The second-order valence-corrected chi connectivity index (χ2v) is 8.78. The van der Waals surface area contributed by atoms with Gasteiger partial charge in [0.25, 0.3) is 5.88 Å². The van der Waals surface area contributed by atoms with Crippen molar-refractivity contribution in [3.8, 4) is 11.6 Å². The van der Waals surface area contributed by atoms with Crippen LogP contribution in [0.1, 0.15) is 56.3 Å². The van der Waals surface area contributed by atoms with Crippen molar-refractivity contribution in [2.75, 3.05) is 26.2 Å². The summed E-state index contributed by atoms with van der Waals surface area (Å²) in [7, 11) is 0. The van der Waals surface area contributed by atoms with Gasteiger partial charge in [-0.3, -0.25) is 4.90 Å². The molecule has 2 aromatic rings. The van der Waals surface area contributed by atoms with E-state index in [1.165, 1.54) is 11.1 Å². The van der Waals surface area contributed by atoms with E-state index in [1.807, 2.05) is 6.20 Å². The standard InChI is InChI=1S/C23H31N3O2/c1-16(2)18-7-5-6-8-19(18)20-14-26(12-11-24-20)13-17-9-10-25-22-21(17)28-23(3,4)15-27-22/h5-10,16,20,24H,11-15H2,1-4H3. The van der Waals surface area contributed by atoms with Crippen LogP contribution in [-0.2, 0) is 6.54 Å². The third-order valence-electron chi connectivity index (χ3n) is 5.54. The van der Waals surface area contributed by atoms with Crippen molar-refractivity contribution in [3.05, 3.63) is 53.2 Å². The molecule has 0 bridgehead atoms. The number of benzene rings is 1. The first-order chi connectivity index (χ1) is 13.4. The van der Waals surface area contributed by atoms with E-state index in [-0.39, 0.29) is 5.60 Å². The van der Waals surface area contributed by atoms with Crippen LogP contribution >= 0.6 is 0 Å². The van der Waals surface area contributed by atoms with Gasteiger partial charge >= 0.3 is 0 Å². The fourth-order valence-corrected chi connectivity index (χ4v) is 4.11. The van der Waals surface area contributed by atoms with Gasteiger partial charge in [0.1, 0.15) is 12.2 Å². The number of hydrogen-bond acceptors (Lipinski definition) is 5. The van der Waals surface area contributed by atoms with Crippen LogP contribution in [0.3, 0.4) is 0 Å². The van der Waals surface area contributed by atoms with Gasteiger partial charge in [-0.05, 0) is 37.0 Å². The second kappa shape index (κ2) is 7.72. The van der Waals surface area contributed by atoms with Crippen molar-refractivity contribution in [1.29, 1.82) is 0 Å². The molecule has 5 nitrogen and oxygen atoms in total. The SMILES string of the molecule is CC(C)c1ccccc1C1CN(Cc2ccnc3c2OC(C)(C)CO3)CCN1. The summed E-state index contributed by atoms with van der Waals surface area (Å²) >= 11 is 0. The molecule has 5 heteroatoms. The largest absolute Gasteiger partial charge is 0.478 e. The molecule has 1 atom stereocenters. The summed E-state index contributed by atoms with van der Waals surface area (Å²) in [6, 6.07) is 11.2. The Balaban J connectivity index is 1.53. The van der Waals surface area contributed by atoms with Crippen LogP contribution in [0.4, 0.5) is 0 Å². The molecular formula is C23H31N3O2. The first-order valence-corrected chi connectivity index (χ1v) is 10.3. The lowest BCUT2D eigenvalue weighted by atomic mass is 9.92. The van der Waals surface area contributed by atoms with Crippen LogP contribution in [-0.4, -0.2) is 41.7 Å². The Labute approximate surface area is 168 Å². The van der Waals surface area contributed by atoms with Crippen LogP contribution in [0.2, 0.25) is 0 Å². The summed E-state index contributed by atoms with van der Waals surface area (Å²) < 4.78 is 12.1. The number of pyridine rings is 1. The maximum atomic E-state index is 6.22. The summed E-state index contributed by atoms with van der Waals surface area (Å²) in [5, 5.41) is 3.71. The number of nitrogens with zero attached hydrogens (tertiary/aromatic N) is 2. The van der Waals surface area contributed by atoms with Gasteiger partial charge in [0, 0.05) is 44.0 Å². The highest BCUT2D eigenvalue weighted by Gasteiger charge is 2.32. The summed E-state index contributed by atoms with van der Waals surface area (Å²) in [6.45, 7) is 13.0. The highest BCUT2D eigenvalue weighted by Crippen LogP contribution is 2.37. The predicted molar refractivity (Wildman–Crippen MR) is 111 cm³/mol. The van der Waals surface area contributed by atoms with E-state index < -0.39 is 0 Å². The summed E-state index contributed by atoms with van der Waals surface area (Å²) in [5.41, 5.74) is 3.67. The first-order valence-electron chi connectivity index (χ1n) is 10.3. The molecule has 2 aliphatic heterocycles. The fraction of sp³-hybridized carbons (Fsp3) is 0.522. The molecule has 0 amide bonds. The molecular weight excluding hydrogens is 350 g/mol. The van der Waals surface area contributed by atoms with E-state index >= 15 is 0 Å². The Morgan fingerprint density at radius 1 is 1.25 bits per heavy atom. The van der Waals surface area contributed by atoms with Gasteiger partial charge in [0.2, 0.25) is 0 Å². The van der Waals surface area contributed by atoms with E-state index in [1.54, 1.807) is 0 Å². The average Bonchev–Trinajstić information content (AvgIpc) is 2.68. The third kappa shape index (κ3) is 4.01. The first kappa shape index (κ1) is 19.2. The third-order valence-corrected chi connectivity index (χ3v) is 5.54. The number of piperazine rings is 1. The van der Waals surface area contributed by atoms with E-state index in [2.05, 4.69) is 73.2 Å². The molecule has 28 heavy (non-hydrogen) atoms. The van der Waals surface area contributed by atoms with Crippen molar-refractivity contribution in [1.82, 2.24) is 15.2 Å². The molecule has 1 N–H and O–H groups in total. The van der Waals surface area contributed by atoms with E-state index in [0.717, 1.165) is 37.5 Å². The molecule has 0 radical (unpaired) electrons. The van der Waals surface area contributed by atoms with Gasteiger partial charge in [-0.25, -0.2) is 4.98 Å². The van der Waals surface area contributed by atoms with Crippen molar-refractivity contribution >= 4 is 0 Å². The summed E-state index contributed by atoms with van der Waals surface area (Å²) in [6.07, 6.45) is 1.82. The number of aromatic nitrogens is 1. The number of ether oxygens (including phenoxy) is 2. The lowest BCUT2D eigenvalue weighted by Gasteiger charge is -2.37. The lowest BCUT2D eigenvalue weighted by molar-refractivity contribution is 0.0157. The minimum absolute atomic E-state index is 0.326. The molecule has 3 heterocycles. The molecule has 0 aliphatic carbocycles. The van der Waals surface area contributed by atoms with Crippen molar-refractivity contribution in [2.24, 2.45) is 0 Å². The molecule has 150 valence electrons. The highest BCUT2D eigenvalue weighted by atomic mass is 16.6. The van der Waals surface area contributed by atoms with Crippen LogP contribution in [0.5, 0.6) is 11.6 Å². The number of nitrogens with one attached hydrogen (secondary N) is 1. The summed E-state index contributed by atoms with van der Waals surface area (Å²) in [4.78, 5) is 6.85. The zero-order chi connectivity index (χ0) is 19.7. The predicted octanol–water partition coefficient (Wildman–Crippen LogP) is 3.90.